The number of rotatable bonds is 3. The number of aryl methyl sites for hydroxylation is 1. The Morgan fingerprint density at radius 3 is 2.56 bits per heavy atom. The Hall–Kier alpha value is -2.44. The quantitative estimate of drug-likeness (QED) is 0.897. The molecule has 7 heteroatoms. The standard InChI is InChI=1S/C20H27N5O2/c1-13-11-17(26)25(15-5-3-4-6-15)18-16(13)12-22-20(23-18)24-9-7-14(8-10-24)19(27)21-2/h11-12,14-15H,3-10H2,1-2H3,(H,21,27). The van der Waals surface area contributed by atoms with E-state index in [1.54, 1.807) is 13.1 Å². The molecule has 0 bridgehead atoms. The highest BCUT2D eigenvalue weighted by Gasteiger charge is 2.26. The van der Waals surface area contributed by atoms with Gasteiger partial charge in [-0.05, 0) is 38.2 Å². The fraction of sp³-hybridized carbons (Fsp3) is 0.600. The molecule has 2 aliphatic rings. The van der Waals surface area contributed by atoms with Crippen LogP contribution in [0.4, 0.5) is 5.95 Å². The van der Waals surface area contributed by atoms with Crippen LogP contribution in [-0.2, 0) is 4.79 Å². The van der Waals surface area contributed by atoms with Crippen LogP contribution in [0.25, 0.3) is 11.0 Å². The van der Waals surface area contributed by atoms with E-state index in [1.165, 1.54) is 0 Å². The van der Waals surface area contributed by atoms with Gasteiger partial charge in [-0.2, -0.15) is 4.98 Å². The van der Waals surface area contributed by atoms with Gasteiger partial charge in [-0.25, -0.2) is 4.98 Å². The zero-order chi connectivity index (χ0) is 19.0. The monoisotopic (exact) mass is 369 g/mol. The van der Waals surface area contributed by atoms with Gasteiger partial charge in [0.2, 0.25) is 11.9 Å². The molecule has 144 valence electrons. The molecule has 1 saturated carbocycles. The first-order valence-electron chi connectivity index (χ1n) is 9.94. The smallest absolute Gasteiger partial charge is 0.252 e. The molecule has 0 unspecified atom stereocenters. The van der Waals surface area contributed by atoms with Crippen LogP contribution < -0.4 is 15.8 Å². The summed E-state index contributed by atoms with van der Waals surface area (Å²) in [6.07, 6.45) is 7.84. The number of carbonyl (C=O) groups excluding carboxylic acids is 1. The van der Waals surface area contributed by atoms with E-state index in [2.05, 4.69) is 15.2 Å². The number of fused-ring (bicyclic) bond motifs is 1. The molecule has 7 nitrogen and oxygen atoms in total. The Labute approximate surface area is 158 Å². The Bertz CT molecular complexity index is 908. The van der Waals surface area contributed by atoms with Gasteiger partial charge in [-0.15, -0.1) is 0 Å². The molecule has 27 heavy (non-hydrogen) atoms. The van der Waals surface area contributed by atoms with Crippen LogP contribution in [0.2, 0.25) is 0 Å². The Balaban J connectivity index is 1.68. The van der Waals surface area contributed by atoms with Crippen LogP contribution in [0.15, 0.2) is 17.1 Å². The van der Waals surface area contributed by atoms with Gasteiger partial charge in [0.15, 0.2) is 0 Å². The van der Waals surface area contributed by atoms with Crippen molar-refractivity contribution < 1.29 is 4.79 Å². The average Bonchev–Trinajstić information content (AvgIpc) is 3.21. The number of carbonyl (C=O) groups is 1. The van der Waals surface area contributed by atoms with E-state index in [0.29, 0.717) is 5.95 Å². The molecule has 3 heterocycles. The third-order valence-corrected chi connectivity index (χ3v) is 6.07. The summed E-state index contributed by atoms with van der Waals surface area (Å²) in [5.41, 5.74) is 1.72. The van der Waals surface area contributed by atoms with E-state index < -0.39 is 0 Å². The molecule has 1 aliphatic carbocycles. The third kappa shape index (κ3) is 3.31. The van der Waals surface area contributed by atoms with Gasteiger partial charge in [0, 0.05) is 49.7 Å². The van der Waals surface area contributed by atoms with Crippen molar-refractivity contribution in [1.29, 1.82) is 0 Å². The van der Waals surface area contributed by atoms with Gasteiger partial charge in [-0.1, -0.05) is 12.8 Å². The lowest BCUT2D eigenvalue weighted by molar-refractivity contribution is -0.125. The number of hydrogen-bond donors (Lipinski definition) is 1. The zero-order valence-electron chi connectivity index (χ0n) is 16.1. The minimum atomic E-state index is 0.0369. The molecule has 0 atom stereocenters. The summed E-state index contributed by atoms with van der Waals surface area (Å²) in [6.45, 7) is 3.45. The van der Waals surface area contributed by atoms with Crippen LogP contribution in [0, 0.1) is 12.8 Å². The highest BCUT2D eigenvalue weighted by Crippen LogP contribution is 2.31. The number of nitrogens with one attached hydrogen (secondary N) is 1. The topological polar surface area (TPSA) is 80.1 Å². The first-order chi connectivity index (χ1) is 13.1. The van der Waals surface area contributed by atoms with Crippen molar-refractivity contribution in [2.75, 3.05) is 25.0 Å². The molecule has 2 aromatic heterocycles. The van der Waals surface area contributed by atoms with Gasteiger partial charge >= 0.3 is 0 Å². The second kappa shape index (κ2) is 7.29. The van der Waals surface area contributed by atoms with Crippen molar-refractivity contribution in [2.45, 2.75) is 51.5 Å². The normalized spacial score (nSPS) is 19.0. The molecular weight excluding hydrogens is 342 g/mol. The van der Waals surface area contributed by atoms with E-state index in [4.69, 9.17) is 4.98 Å². The largest absolute Gasteiger partial charge is 0.359 e. The molecule has 4 rings (SSSR count). The molecule has 2 fully saturated rings. The average molecular weight is 369 g/mol. The van der Waals surface area contributed by atoms with Crippen LogP contribution in [0.1, 0.15) is 50.1 Å². The predicted octanol–water partition coefficient (Wildman–Crippen LogP) is 2.18. The lowest BCUT2D eigenvalue weighted by Crippen LogP contribution is -2.40. The fourth-order valence-corrected chi connectivity index (χ4v) is 4.48. The highest BCUT2D eigenvalue weighted by molar-refractivity contribution is 5.80. The first kappa shape index (κ1) is 17.9. The zero-order valence-corrected chi connectivity index (χ0v) is 16.1. The van der Waals surface area contributed by atoms with E-state index in [1.807, 2.05) is 17.7 Å². The molecule has 0 aromatic carbocycles. The number of anilines is 1. The van der Waals surface area contributed by atoms with Gasteiger partial charge < -0.3 is 10.2 Å². The van der Waals surface area contributed by atoms with Crippen molar-refractivity contribution in [2.24, 2.45) is 5.92 Å². The lowest BCUT2D eigenvalue weighted by atomic mass is 9.96. The Kier molecular flexibility index (Phi) is 4.85. The summed E-state index contributed by atoms with van der Waals surface area (Å²) < 4.78 is 1.89. The maximum absolute atomic E-state index is 12.7. The van der Waals surface area contributed by atoms with Crippen molar-refractivity contribution in [3.8, 4) is 0 Å². The summed E-state index contributed by atoms with van der Waals surface area (Å²) in [6, 6.07) is 1.95. The number of amides is 1. The molecule has 0 radical (unpaired) electrons. The molecule has 1 N–H and O–H groups in total. The highest BCUT2D eigenvalue weighted by atomic mass is 16.1. The second-order valence-electron chi connectivity index (χ2n) is 7.76. The summed E-state index contributed by atoms with van der Waals surface area (Å²) >= 11 is 0. The minimum absolute atomic E-state index is 0.0369. The Morgan fingerprint density at radius 1 is 1.19 bits per heavy atom. The molecule has 1 aliphatic heterocycles. The maximum atomic E-state index is 12.7. The summed E-state index contributed by atoms with van der Waals surface area (Å²) in [7, 11) is 1.69. The lowest BCUT2D eigenvalue weighted by Gasteiger charge is -2.31. The SMILES string of the molecule is CNC(=O)C1CCN(c2ncc3c(C)cc(=O)n(C4CCCC4)c3n2)CC1. The number of piperidine rings is 1. The number of pyridine rings is 1. The van der Waals surface area contributed by atoms with Crippen LogP contribution in [0.5, 0.6) is 0 Å². The van der Waals surface area contributed by atoms with Crippen LogP contribution in [-0.4, -0.2) is 40.6 Å². The number of nitrogens with zero attached hydrogens (tertiary/aromatic N) is 4. The van der Waals surface area contributed by atoms with Gasteiger partial charge in [0.1, 0.15) is 5.65 Å². The van der Waals surface area contributed by atoms with Crippen LogP contribution in [0.3, 0.4) is 0 Å². The van der Waals surface area contributed by atoms with Crippen molar-refractivity contribution in [3.05, 3.63) is 28.2 Å². The Morgan fingerprint density at radius 2 is 1.89 bits per heavy atom. The fourth-order valence-electron chi connectivity index (χ4n) is 4.48. The predicted molar refractivity (Wildman–Crippen MR) is 105 cm³/mol. The maximum Gasteiger partial charge on any atom is 0.252 e. The minimum Gasteiger partial charge on any atom is -0.359 e. The van der Waals surface area contributed by atoms with E-state index in [0.717, 1.165) is 68.2 Å². The summed E-state index contributed by atoms with van der Waals surface area (Å²) in [5.74, 6) is 0.833. The van der Waals surface area contributed by atoms with Gasteiger partial charge in [0.05, 0.1) is 0 Å². The molecule has 1 saturated heterocycles. The summed E-state index contributed by atoms with van der Waals surface area (Å²) in [5, 5.41) is 3.69. The molecule has 0 spiro atoms. The van der Waals surface area contributed by atoms with Crippen molar-refractivity contribution >= 4 is 22.9 Å². The molecular formula is C20H27N5O2. The van der Waals surface area contributed by atoms with Gasteiger partial charge in [0.25, 0.3) is 5.56 Å². The van der Waals surface area contributed by atoms with E-state index >= 15 is 0 Å². The van der Waals surface area contributed by atoms with Crippen molar-refractivity contribution in [1.82, 2.24) is 19.9 Å². The first-order valence-corrected chi connectivity index (χ1v) is 9.94. The van der Waals surface area contributed by atoms with Crippen LogP contribution >= 0.6 is 0 Å². The number of hydrogen-bond acceptors (Lipinski definition) is 5. The van der Waals surface area contributed by atoms with E-state index in [9.17, 15) is 9.59 Å². The second-order valence-corrected chi connectivity index (χ2v) is 7.76. The van der Waals surface area contributed by atoms with Gasteiger partial charge in [-0.3, -0.25) is 14.2 Å². The number of aromatic nitrogens is 3. The summed E-state index contributed by atoms with van der Waals surface area (Å²) in [4.78, 5) is 36.1. The third-order valence-electron chi connectivity index (χ3n) is 6.07. The van der Waals surface area contributed by atoms with Crippen molar-refractivity contribution in [3.63, 3.8) is 0 Å². The molecule has 1 amide bonds. The molecule has 2 aromatic rings. The van der Waals surface area contributed by atoms with E-state index in [-0.39, 0.29) is 23.4 Å².